The van der Waals surface area contributed by atoms with E-state index >= 15 is 0 Å². The van der Waals surface area contributed by atoms with Crippen LogP contribution in [0.3, 0.4) is 0 Å². The molecule has 0 saturated carbocycles. The van der Waals surface area contributed by atoms with Gasteiger partial charge in [-0.3, -0.25) is 23.9 Å². The molecule has 5 rings (SSSR count). The number of nitrogens with zero attached hydrogens (tertiary/aromatic N) is 1. The zero-order chi connectivity index (χ0) is 34.3. The van der Waals surface area contributed by atoms with E-state index in [-0.39, 0.29) is 11.5 Å². The summed E-state index contributed by atoms with van der Waals surface area (Å²) in [5.74, 6) is -4.01. The molecular weight excluding hydrogens is 640 g/mol. The SMILES string of the molecule is COC(=O)C(CCS(=O)(=O)C1=C[C@H](n2ccc(=O)[nH]c2=O)O[C@@H]1COC(c1ccccc1)(c1ccccc1)c1ccccc1)C(=O)OC. The normalized spacial score (nSPS) is 16.4. The van der Waals surface area contributed by atoms with Crippen molar-refractivity contribution in [3.63, 3.8) is 0 Å². The Hall–Kier alpha value is -5.11. The number of carbonyl (C=O) groups is 2. The van der Waals surface area contributed by atoms with Crippen molar-refractivity contribution in [3.05, 3.63) is 152 Å². The Morgan fingerprint density at radius 1 is 0.833 bits per heavy atom. The molecule has 13 heteroatoms. The number of nitrogens with one attached hydrogen (secondary N) is 1. The quantitative estimate of drug-likeness (QED) is 0.127. The minimum absolute atomic E-state index is 0.220. The molecule has 0 fully saturated rings. The molecule has 1 N–H and O–H groups in total. The Bertz CT molecular complexity index is 1880. The van der Waals surface area contributed by atoms with E-state index in [1.807, 2.05) is 91.0 Å². The standard InChI is InChI=1S/C35H34N2O10S/c1-44-32(39)27(33(40)45-2)19-21-48(42,43)29-22-31(37-20-18-30(38)36-34(37)41)47-28(29)23-46-35(24-12-6-3-7-13-24,25-14-8-4-9-15-25)26-16-10-5-11-17-26/h3-18,20,22,27-28,31H,19,21,23H2,1-2H3,(H,36,38,41)/t28-,31-/m1/s1. The number of aromatic amines is 1. The number of methoxy groups -OCH3 is 2. The molecule has 12 nitrogen and oxygen atoms in total. The molecule has 2 heterocycles. The van der Waals surface area contributed by atoms with Crippen LogP contribution in [-0.2, 0) is 44.0 Å². The number of benzene rings is 3. The number of carbonyl (C=O) groups excluding carboxylic acids is 2. The highest BCUT2D eigenvalue weighted by Gasteiger charge is 2.43. The first-order valence-corrected chi connectivity index (χ1v) is 16.6. The highest BCUT2D eigenvalue weighted by Crippen LogP contribution is 2.42. The van der Waals surface area contributed by atoms with E-state index in [9.17, 15) is 27.6 Å². The summed E-state index contributed by atoms with van der Waals surface area (Å²) in [5.41, 5.74) is -0.384. The van der Waals surface area contributed by atoms with Gasteiger partial charge in [-0.25, -0.2) is 13.2 Å². The maximum atomic E-state index is 14.0. The van der Waals surface area contributed by atoms with Gasteiger partial charge >= 0.3 is 17.6 Å². The Kier molecular flexibility index (Phi) is 10.5. The number of H-pyrrole nitrogens is 1. The zero-order valence-electron chi connectivity index (χ0n) is 26.2. The van der Waals surface area contributed by atoms with Crippen LogP contribution in [0.2, 0.25) is 0 Å². The molecule has 1 aromatic heterocycles. The first kappa shape index (κ1) is 34.2. The number of hydrogen-bond donors (Lipinski definition) is 1. The predicted octanol–water partition coefficient (Wildman–Crippen LogP) is 3.09. The fraction of sp³-hybridized carbons (Fsp3) is 0.257. The highest BCUT2D eigenvalue weighted by atomic mass is 32.2. The van der Waals surface area contributed by atoms with Crippen molar-refractivity contribution >= 4 is 21.8 Å². The van der Waals surface area contributed by atoms with Gasteiger partial charge < -0.3 is 18.9 Å². The highest BCUT2D eigenvalue weighted by molar-refractivity contribution is 7.95. The summed E-state index contributed by atoms with van der Waals surface area (Å²) >= 11 is 0. The first-order chi connectivity index (χ1) is 23.1. The molecule has 1 aliphatic rings. The number of ether oxygens (including phenoxy) is 4. The topological polar surface area (TPSA) is 160 Å². The summed E-state index contributed by atoms with van der Waals surface area (Å²) in [4.78, 5) is 51.0. The third kappa shape index (κ3) is 7.08. The summed E-state index contributed by atoms with van der Waals surface area (Å²) in [5, 5.41) is 0. The van der Waals surface area contributed by atoms with Gasteiger partial charge in [0.15, 0.2) is 22.0 Å². The van der Waals surface area contributed by atoms with Crippen molar-refractivity contribution < 1.29 is 37.0 Å². The molecule has 3 aromatic carbocycles. The van der Waals surface area contributed by atoms with E-state index in [4.69, 9.17) is 9.47 Å². The van der Waals surface area contributed by atoms with Crippen molar-refractivity contribution in [1.82, 2.24) is 9.55 Å². The molecule has 0 radical (unpaired) electrons. The number of hydrogen-bond acceptors (Lipinski definition) is 10. The second kappa shape index (κ2) is 14.8. The maximum Gasteiger partial charge on any atom is 0.330 e. The Morgan fingerprint density at radius 3 is 1.79 bits per heavy atom. The van der Waals surface area contributed by atoms with Crippen molar-refractivity contribution in [2.24, 2.45) is 5.92 Å². The minimum Gasteiger partial charge on any atom is -0.468 e. The molecule has 0 bridgehead atoms. The Morgan fingerprint density at radius 2 is 1.33 bits per heavy atom. The van der Waals surface area contributed by atoms with Gasteiger partial charge in [0.25, 0.3) is 5.56 Å². The number of rotatable bonds is 13. The average Bonchev–Trinajstić information content (AvgIpc) is 3.54. The van der Waals surface area contributed by atoms with Crippen LogP contribution < -0.4 is 11.2 Å². The molecule has 0 amide bonds. The molecule has 250 valence electrons. The fourth-order valence-corrected chi connectivity index (χ4v) is 7.33. The van der Waals surface area contributed by atoms with E-state index in [1.54, 1.807) is 0 Å². The Labute approximate surface area is 276 Å². The van der Waals surface area contributed by atoms with E-state index in [2.05, 4.69) is 14.5 Å². The van der Waals surface area contributed by atoms with Gasteiger partial charge in [-0.2, -0.15) is 0 Å². The van der Waals surface area contributed by atoms with Crippen LogP contribution in [0, 0.1) is 5.92 Å². The van der Waals surface area contributed by atoms with Crippen molar-refractivity contribution in [3.8, 4) is 0 Å². The monoisotopic (exact) mass is 674 g/mol. The molecule has 48 heavy (non-hydrogen) atoms. The number of aromatic nitrogens is 2. The molecule has 1 aliphatic heterocycles. The third-order valence-corrected chi connectivity index (χ3v) is 9.94. The molecule has 0 aliphatic carbocycles. The zero-order valence-corrected chi connectivity index (χ0v) is 27.0. The maximum absolute atomic E-state index is 14.0. The second-order valence-electron chi connectivity index (χ2n) is 10.9. The molecular formula is C35H34N2O10S. The van der Waals surface area contributed by atoms with Gasteiger partial charge in [0.2, 0.25) is 0 Å². The van der Waals surface area contributed by atoms with E-state index in [1.165, 1.54) is 12.3 Å². The van der Waals surface area contributed by atoms with Crippen molar-refractivity contribution in [2.45, 2.75) is 24.4 Å². The lowest BCUT2D eigenvalue weighted by atomic mass is 9.80. The van der Waals surface area contributed by atoms with Crippen LogP contribution in [0.5, 0.6) is 0 Å². The van der Waals surface area contributed by atoms with Crippen LogP contribution in [0.25, 0.3) is 0 Å². The van der Waals surface area contributed by atoms with Gasteiger partial charge in [-0.05, 0) is 29.2 Å². The van der Waals surface area contributed by atoms with Gasteiger partial charge in [-0.15, -0.1) is 0 Å². The minimum atomic E-state index is -4.26. The van der Waals surface area contributed by atoms with Gasteiger partial charge in [0.1, 0.15) is 11.7 Å². The summed E-state index contributed by atoms with van der Waals surface area (Å²) in [6.07, 6.45) is -0.461. The summed E-state index contributed by atoms with van der Waals surface area (Å²) < 4.78 is 51.4. The fourth-order valence-electron chi connectivity index (χ4n) is 5.70. The summed E-state index contributed by atoms with van der Waals surface area (Å²) in [7, 11) is -2.09. The molecule has 2 atom stereocenters. The second-order valence-corrected chi connectivity index (χ2v) is 13.0. The summed E-state index contributed by atoms with van der Waals surface area (Å²) in [6, 6.07) is 29.4. The molecule has 0 unspecified atom stereocenters. The van der Waals surface area contributed by atoms with Gasteiger partial charge in [0.05, 0.1) is 31.5 Å². The lowest BCUT2D eigenvalue weighted by Crippen LogP contribution is -2.37. The average molecular weight is 675 g/mol. The smallest absolute Gasteiger partial charge is 0.330 e. The van der Waals surface area contributed by atoms with Crippen molar-refractivity contribution in [1.29, 1.82) is 0 Å². The van der Waals surface area contributed by atoms with Crippen LogP contribution in [0.4, 0.5) is 0 Å². The molecule has 0 spiro atoms. The summed E-state index contributed by atoms with van der Waals surface area (Å²) in [6.45, 7) is -0.310. The molecule has 4 aromatic rings. The first-order valence-electron chi connectivity index (χ1n) is 15.0. The molecule has 0 saturated heterocycles. The lowest BCUT2D eigenvalue weighted by molar-refractivity contribution is -0.158. The van der Waals surface area contributed by atoms with Crippen LogP contribution in [-0.4, -0.2) is 62.6 Å². The third-order valence-electron chi connectivity index (χ3n) is 8.05. The lowest BCUT2D eigenvalue weighted by Gasteiger charge is -2.37. The largest absolute Gasteiger partial charge is 0.468 e. The van der Waals surface area contributed by atoms with Crippen LogP contribution in [0.1, 0.15) is 29.3 Å². The number of sulfone groups is 1. The van der Waals surface area contributed by atoms with Gasteiger partial charge in [-0.1, -0.05) is 91.0 Å². The van der Waals surface area contributed by atoms with E-state index in [0.29, 0.717) is 0 Å². The van der Waals surface area contributed by atoms with Gasteiger partial charge in [0, 0.05) is 12.3 Å². The van der Waals surface area contributed by atoms with Crippen molar-refractivity contribution in [2.75, 3.05) is 26.6 Å². The van der Waals surface area contributed by atoms with E-state index in [0.717, 1.165) is 41.5 Å². The predicted molar refractivity (Wildman–Crippen MR) is 174 cm³/mol. The van der Waals surface area contributed by atoms with E-state index < -0.39 is 69.0 Å². The van der Waals surface area contributed by atoms with Crippen LogP contribution in [0.15, 0.2) is 124 Å². The Balaban J connectivity index is 1.56. The van der Waals surface area contributed by atoms with Crippen LogP contribution >= 0.6 is 0 Å². The number of esters is 2.